The van der Waals surface area contributed by atoms with Crippen LogP contribution in [0.25, 0.3) is 0 Å². The molecule has 3 saturated heterocycles. The van der Waals surface area contributed by atoms with Gasteiger partial charge in [0.25, 0.3) is 0 Å². The van der Waals surface area contributed by atoms with Crippen molar-refractivity contribution in [1.29, 1.82) is 0 Å². The molecule has 30 heavy (non-hydrogen) atoms. The fourth-order valence-corrected chi connectivity index (χ4v) is 5.39. The number of hydrogen-bond donors (Lipinski definition) is 2. The van der Waals surface area contributed by atoms with Crippen molar-refractivity contribution >= 4 is 5.91 Å². The largest absolute Gasteiger partial charge is 0.344 e. The number of piperidine rings is 2. The van der Waals surface area contributed by atoms with Crippen LogP contribution >= 0.6 is 0 Å². The number of amides is 1. The third-order valence-corrected chi connectivity index (χ3v) is 7.05. The van der Waals surface area contributed by atoms with Crippen LogP contribution in [0.3, 0.4) is 0 Å². The van der Waals surface area contributed by atoms with Crippen LogP contribution in [0, 0.1) is 5.92 Å². The zero-order chi connectivity index (χ0) is 20.9. The van der Waals surface area contributed by atoms with Crippen molar-refractivity contribution in [2.24, 2.45) is 5.92 Å². The van der Waals surface area contributed by atoms with Gasteiger partial charge >= 0.3 is 0 Å². The smallest absolute Gasteiger partial charge is 0.226 e. The molecule has 0 saturated carbocycles. The van der Waals surface area contributed by atoms with Gasteiger partial charge in [0.1, 0.15) is 0 Å². The summed E-state index contributed by atoms with van der Waals surface area (Å²) < 4.78 is 0. The lowest BCUT2D eigenvalue weighted by Crippen LogP contribution is -2.51. The van der Waals surface area contributed by atoms with E-state index in [1.807, 2.05) is 30.4 Å². The number of hydrogen-bond acceptors (Lipinski definition) is 6. The lowest BCUT2D eigenvalue weighted by atomic mass is 9.92. The normalized spacial score (nSPS) is 29.2. The van der Waals surface area contributed by atoms with E-state index < -0.39 is 0 Å². The number of aromatic nitrogens is 1. The van der Waals surface area contributed by atoms with Crippen LogP contribution in [0.4, 0.5) is 0 Å². The summed E-state index contributed by atoms with van der Waals surface area (Å²) >= 11 is 0. The fourth-order valence-electron chi connectivity index (χ4n) is 5.39. The highest BCUT2D eigenvalue weighted by molar-refractivity contribution is 5.79. The Balaban J connectivity index is 1.23. The summed E-state index contributed by atoms with van der Waals surface area (Å²) in [7, 11) is 1.98. The van der Waals surface area contributed by atoms with Crippen LogP contribution in [-0.2, 0) is 11.3 Å². The first-order valence-electron chi connectivity index (χ1n) is 11.7. The molecule has 7 heteroatoms. The maximum Gasteiger partial charge on any atom is 0.226 e. The van der Waals surface area contributed by atoms with Crippen LogP contribution in [0.15, 0.2) is 24.5 Å². The number of rotatable bonds is 6. The van der Waals surface area contributed by atoms with E-state index in [1.165, 1.54) is 18.4 Å². The molecule has 0 aliphatic carbocycles. The Hall–Kier alpha value is -1.54. The van der Waals surface area contributed by atoms with Gasteiger partial charge in [-0.2, -0.15) is 0 Å². The Morgan fingerprint density at radius 2 is 2.07 bits per heavy atom. The first kappa shape index (κ1) is 21.7. The summed E-state index contributed by atoms with van der Waals surface area (Å²) in [5.74, 6) is 0.485. The first-order valence-corrected chi connectivity index (χ1v) is 11.7. The van der Waals surface area contributed by atoms with Crippen LogP contribution < -0.4 is 10.9 Å². The molecular formula is C23H38N6O. The fraction of sp³-hybridized carbons (Fsp3) is 0.739. The quantitative estimate of drug-likeness (QED) is 0.735. The minimum Gasteiger partial charge on any atom is -0.344 e. The Morgan fingerprint density at radius 1 is 1.23 bits per heavy atom. The van der Waals surface area contributed by atoms with Gasteiger partial charge in [-0.25, -0.2) is 0 Å². The van der Waals surface area contributed by atoms with Gasteiger partial charge in [-0.3, -0.25) is 30.4 Å². The average molecular weight is 415 g/mol. The molecule has 0 spiro atoms. The van der Waals surface area contributed by atoms with Gasteiger partial charge in [-0.1, -0.05) is 6.07 Å². The number of carbonyl (C=O) groups is 1. The molecule has 3 unspecified atom stereocenters. The third kappa shape index (κ3) is 5.58. The molecule has 1 aromatic rings. The highest BCUT2D eigenvalue weighted by Crippen LogP contribution is 2.25. The van der Waals surface area contributed by atoms with Crippen molar-refractivity contribution in [2.45, 2.75) is 63.7 Å². The Labute approximate surface area is 181 Å². The Kier molecular flexibility index (Phi) is 7.36. The van der Waals surface area contributed by atoms with E-state index in [0.717, 1.165) is 58.5 Å². The van der Waals surface area contributed by atoms with Crippen molar-refractivity contribution in [2.75, 3.05) is 39.8 Å². The van der Waals surface area contributed by atoms with E-state index >= 15 is 0 Å². The maximum atomic E-state index is 13.1. The zero-order valence-corrected chi connectivity index (χ0v) is 18.6. The van der Waals surface area contributed by atoms with Crippen LogP contribution in [0.2, 0.25) is 0 Å². The molecule has 7 nitrogen and oxygen atoms in total. The van der Waals surface area contributed by atoms with Crippen LogP contribution in [0.1, 0.15) is 44.6 Å². The lowest BCUT2D eigenvalue weighted by Gasteiger charge is -2.42. The molecule has 0 bridgehead atoms. The number of nitrogens with one attached hydrogen (secondary N) is 2. The van der Waals surface area contributed by atoms with Crippen molar-refractivity contribution in [1.82, 2.24) is 30.5 Å². The van der Waals surface area contributed by atoms with Crippen molar-refractivity contribution in [3.05, 3.63) is 30.1 Å². The Bertz CT molecular complexity index is 678. The lowest BCUT2D eigenvalue weighted by molar-refractivity contribution is -0.136. The average Bonchev–Trinajstić information content (AvgIpc) is 3.19. The highest BCUT2D eigenvalue weighted by Gasteiger charge is 2.33. The SMILES string of the molecule is CC1CC(CN(C)C(=O)C2CCCN(C3CCN(Cc4cccnc4)CC3)C2)NN1. The molecule has 4 rings (SSSR count). The van der Waals surface area contributed by atoms with E-state index in [1.54, 1.807) is 0 Å². The predicted molar refractivity (Wildman–Crippen MR) is 119 cm³/mol. The molecule has 1 aromatic heterocycles. The van der Waals surface area contributed by atoms with Crippen molar-refractivity contribution in [3.63, 3.8) is 0 Å². The van der Waals surface area contributed by atoms with Crippen LogP contribution in [-0.4, -0.2) is 83.5 Å². The molecule has 4 heterocycles. The molecule has 2 N–H and O–H groups in total. The van der Waals surface area contributed by atoms with Gasteiger partial charge < -0.3 is 4.90 Å². The number of likely N-dealkylation sites (N-methyl/N-ethyl adjacent to an activating group) is 1. The summed E-state index contributed by atoms with van der Waals surface area (Å²) in [6, 6.07) is 5.64. The minimum absolute atomic E-state index is 0.156. The van der Waals surface area contributed by atoms with Gasteiger partial charge in [0, 0.05) is 57.2 Å². The summed E-state index contributed by atoms with van der Waals surface area (Å²) in [4.78, 5) is 24.4. The molecule has 0 radical (unpaired) electrons. The number of hydrazine groups is 1. The van der Waals surface area contributed by atoms with E-state index in [9.17, 15) is 4.79 Å². The molecule has 3 atom stereocenters. The second-order valence-electron chi connectivity index (χ2n) is 9.54. The second kappa shape index (κ2) is 10.2. The van der Waals surface area contributed by atoms with E-state index in [4.69, 9.17) is 0 Å². The molecule has 3 fully saturated rings. The summed E-state index contributed by atoms with van der Waals surface area (Å²) in [6.45, 7) is 8.31. The summed E-state index contributed by atoms with van der Waals surface area (Å²) in [5.41, 5.74) is 7.87. The van der Waals surface area contributed by atoms with E-state index in [2.05, 4.69) is 38.6 Å². The van der Waals surface area contributed by atoms with Crippen LogP contribution in [0.5, 0.6) is 0 Å². The standard InChI is InChI=1S/C23H38N6O/c1-18-13-21(26-25-18)17-27(2)23(30)20-6-4-10-29(16-20)22-7-11-28(12-8-22)15-19-5-3-9-24-14-19/h3,5,9,14,18,20-22,25-26H,4,6-8,10-13,15-17H2,1-2H3. The highest BCUT2D eigenvalue weighted by atomic mass is 16.2. The van der Waals surface area contributed by atoms with Crippen molar-refractivity contribution < 1.29 is 4.79 Å². The molecule has 0 aromatic carbocycles. The number of carbonyl (C=O) groups excluding carboxylic acids is 1. The van der Waals surface area contributed by atoms with Crippen molar-refractivity contribution in [3.8, 4) is 0 Å². The zero-order valence-electron chi connectivity index (χ0n) is 18.6. The summed E-state index contributed by atoms with van der Waals surface area (Å²) in [6.07, 6.45) is 9.46. The Morgan fingerprint density at radius 3 is 2.77 bits per heavy atom. The van der Waals surface area contributed by atoms with Gasteiger partial charge in [-0.05, 0) is 70.3 Å². The second-order valence-corrected chi connectivity index (χ2v) is 9.54. The monoisotopic (exact) mass is 414 g/mol. The minimum atomic E-state index is 0.156. The number of nitrogens with zero attached hydrogens (tertiary/aromatic N) is 4. The third-order valence-electron chi connectivity index (χ3n) is 7.05. The van der Waals surface area contributed by atoms with Gasteiger partial charge in [-0.15, -0.1) is 0 Å². The van der Waals surface area contributed by atoms with Gasteiger partial charge in [0.2, 0.25) is 5.91 Å². The maximum absolute atomic E-state index is 13.1. The molecule has 166 valence electrons. The predicted octanol–water partition coefficient (Wildman–Crippen LogP) is 1.47. The number of likely N-dealkylation sites (tertiary alicyclic amines) is 2. The van der Waals surface area contributed by atoms with E-state index in [-0.39, 0.29) is 5.92 Å². The first-order chi connectivity index (χ1) is 14.6. The van der Waals surface area contributed by atoms with Gasteiger partial charge in [0.05, 0.1) is 5.92 Å². The molecular weight excluding hydrogens is 376 g/mol. The topological polar surface area (TPSA) is 63.7 Å². The molecule has 3 aliphatic rings. The summed E-state index contributed by atoms with van der Waals surface area (Å²) in [5, 5.41) is 0. The van der Waals surface area contributed by atoms with Gasteiger partial charge in [0.15, 0.2) is 0 Å². The molecule has 3 aliphatic heterocycles. The molecule has 1 amide bonds. The van der Waals surface area contributed by atoms with E-state index in [0.29, 0.717) is 24.0 Å². The number of pyridine rings is 1.